The zero-order valence-corrected chi connectivity index (χ0v) is 20.2. The lowest BCUT2D eigenvalue weighted by Crippen LogP contribution is -2.38. The van der Waals surface area contributed by atoms with Crippen LogP contribution >= 0.6 is 23.4 Å². The van der Waals surface area contributed by atoms with Gasteiger partial charge in [-0.15, -0.1) is 0 Å². The van der Waals surface area contributed by atoms with Gasteiger partial charge in [0, 0.05) is 16.0 Å². The van der Waals surface area contributed by atoms with Crippen molar-refractivity contribution >= 4 is 50.0 Å². The molecule has 6 nitrogen and oxygen atoms in total. The first-order chi connectivity index (χ1) is 16.6. The fourth-order valence-corrected chi connectivity index (χ4v) is 7.82. The van der Waals surface area contributed by atoms with Crippen molar-refractivity contribution in [2.45, 2.75) is 23.6 Å². The van der Waals surface area contributed by atoms with Crippen LogP contribution in [0.4, 0.5) is 32.0 Å². The Bertz CT molecular complexity index is 1280. The Balaban J connectivity index is 1.71. The van der Waals surface area contributed by atoms with E-state index < -0.39 is 68.6 Å². The summed E-state index contributed by atoms with van der Waals surface area (Å²) in [5, 5.41) is -0.521. The van der Waals surface area contributed by atoms with Gasteiger partial charge >= 0.3 is 12.4 Å². The third-order valence-corrected chi connectivity index (χ3v) is 8.78. The van der Waals surface area contributed by atoms with Crippen LogP contribution in [0.2, 0.25) is 5.02 Å². The van der Waals surface area contributed by atoms with Gasteiger partial charge in [-0.1, -0.05) is 23.4 Å². The van der Waals surface area contributed by atoms with E-state index in [1.165, 1.54) is 24.3 Å². The standard InChI is InChI=1S/C21H15ClF6N2O4S2/c22-13-1-3-15(4-2-13)34-8-18(31)29-19-30(16-9-36(32,33)10-17(16)35-19)14-6-11(20(23,24)25)5-12(7-14)21(26,27)28/h1-7,16-17H,8-10H2/t16-,17+/m1/s1. The molecule has 0 aliphatic carbocycles. The fraction of sp³-hybridized carbons (Fsp3) is 0.333. The average molecular weight is 573 g/mol. The Hall–Kier alpha value is -2.45. The van der Waals surface area contributed by atoms with Gasteiger partial charge < -0.3 is 9.64 Å². The van der Waals surface area contributed by atoms with Crippen molar-refractivity contribution in [3.63, 3.8) is 0 Å². The van der Waals surface area contributed by atoms with Gasteiger partial charge in [-0.3, -0.25) is 4.79 Å². The van der Waals surface area contributed by atoms with E-state index in [2.05, 4.69) is 4.99 Å². The van der Waals surface area contributed by atoms with Gasteiger partial charge in [-0.2, -0.15) is 31.3 Å². The fourth-order valence-electron chi connectivity index (χ4n) is 3.76. The molecule has 2 atom stereocenters. The largest absolute Gasteiger partial charge is 0.484 e. The summed E-state index contributed by atoms with van der Waals surface area (Å²) in [7, 11) is -3.61. The third kappa shape index (κ3) is 5.92. The maximum Gasteiger partial charge on any atom is 0.416 e. The highest BCUT2D eigenvalue weighted by molar-refractivity contribution is 8.16. The Morgan fingerprint density at radius 1 is 1.03 bits per heavy atom. The summed E-state index contributed by atoms with van der Waals surface area (Å²) in [5.41, 5.74) is -3.71. The van der Waals surface area contributed by atoms with E-state index in [1.54, 1.807) is 0 Å². The summed E-state index contributed by atoms with van der Waals surface area (Å²) >= 11 is 6.58. The van der Waals surface area contributed by atoms with Gasteiger partial charge in [0.2, 0.25) is 0 Å². The summed E-state index contributed by atoms with van der Waals surface area (Å²) in [4.78, 5) is 17.3. The van der Waals surface area contributed by atoms with E-state index in [4.69, 9.17) is 16.3 Å². The molecule has 1 amide bonds. The first-order valence-electron chi connectivity index (χ1n) is 10.1. The van der Waals surface area contributed by atoms with Crippen LogP contribution in [0.5, 0.6) is 5.75 Å². The number of aliphatic imine (C=N–C) groups is 1. The van der Waals surface area contributed by atoms with Crippen LogP contribution in [-0.4, -0.2) is 48.9 Å². The molecule has 0 unspecified atom stereocenters. The lowest BCUT2D eigenvalue weighted by atomic mass is 10.1. The number of hydrogen-bond acceptors (Lipinski definition) is 5. The van der Waals surface area contributed by atoms with E-state index in [0.29, 0.717) is 17.2 Å². The number of alkyl halides is 6. The summed E-state index contributed by atoms with van der Waals surface area (Å²) in [6.07, 6.45) is -10.2. The van der Waals surface area contributed by atoms with Crippen LogP contribution in [0.25, 0.3) is 0 Å². The molecule has 4 rings (SSSR count). The predicted molar refractivity (Wildman–Crippen MR) is 122 cm³/mol. The molecule has 0 radical (unpaired) electrons. The zero-order valence-electron chi connectivity index (χ0n) is 17.8. The van der Waals surface area contributed by atoms with Gasteiger partial charge in [0.1, 0.15) is 5.75 Å². The van der Waals surface area contributed by atoms with Gasteiger partial charge in [-0.05, 0) is 42.5 Å². The number of fused-ring (bicyclic) bond motifs is 1. The average Bonchev–Trinajstić information content (AvgIpc) is 3.22. The van der Waals surface area contributed by atoms with E-state index >= 15 is 0 Å². The third-order valence-electron chi connectivity index (χ3n) is 5.31. The molecule has 0 bridgehead atoms. The number of rotatable bonds is 4. The highest BCUT2D eigenvalue weighted by Crippen LogP contribution is 2.44. The Morgan fingerprint density at radius 3 is 2.17 bits per heavy atom. The molecule has 0 aromatic heterocycles. The summed E-state index contributed by atoms with van der Waals surface area (Å²) in [6, 6.07) is 5.91. The molecule has 2 fully saturated rings. The molecule has 2 aliphatic heterocycles. The Morgan fingerprint density at radius 2 is 1.61 bits per heavy atom. The SMILES string of the molecule is O=C(COc1ccc(Cl)cc1)N=C1S[C@H]2CS(=O)(=O)C[C@H]2N1c1cc(C(F)(F)F)cc(C(F)(F)F)c1. The predicted octanol–water partition coefficient (Wildman–Crippen LogP) is 5.06. The van der Waals surface area contributed by atoms with Crippen LogP contribution in [0.3, 0.4) is 0 Å². The number of carbonyl (C=O) groups excluding carboxylic acids is 1. The van der Waals surface area contributed by atoms with Crippen molar-refractivity contribution in [2.75, 3.05) is 23.0 Å². The molecule has 15 heteroatoms. The molecule has 36 heavy (non-hydrogen) atoms. The lowest BCUT2D eigenvalue weighted by Gasteiger charge is -2.26. The number of amidine groups is 1. The van der Waals surface area contributed by atoms with Gasteiger partial charge in [0.25, 0.3) is 5.91 Å². The summed E-state index contributed by atoms with van der Waals surface area (Å²) < 4.78 is 110. The second kappa shape index (κ2) is 9.45. The molecular weight excluding hydrogens is 558 g/mol. The highest BCUT2D eigenvalue weighted by Gasteiger charge is 2.50. The normalized spacial score (nSPS) is 22.6. The van der Waals surface area contributed by atoms with E-state index in [0.717, 1.165) is 16.7 Å². The first-order valence-corrected chi connectivity index (χ1v) is 13.2. The van der Waals surface area contributed by atoms with Crippen molar-refractivity contribution < 1.29 is 44.3 Å². The Labute approximate surface area is 210 Å². The monoisotopic (exact) mass is 572 g/mol. The van der Waals surface area contributed by atoms with Crippen LogP contribution in [0.1, 0.15) is 11.1 Å². The van der Waals surface area contributed by atoms with Crippen LogP contribution in [0, 0.1) is 0 Å². The molecule has 0 spiro atoms. The molecule has 0 N–H and O–H groups in total. The van der Waals surface area contributed by atoms with Gasteiger partial charge in [-0.25, -0.2) is 8.42 Å². The summed E-state index contributed by atoms with van der Waals surface area (Å²) in [5.74, 6) is -1.47. The minimum absolute atomic E-state index is 0.0302. The first kappa shape index (κ1) is 26.6. The molecular formula is C21H15ClF6N2O4S2. The molecule has 2 heterocycles. The highest BCUT2D eigenvalue weighted by atomic mass is 35.5. The quantitative estimate of drug-likeness (QED) is 0.477. The van der Waals surface area contributed by atoms with Crippen molar-refractivity contribution in [3.8, 4) is 5.75 Å². The number of thioether (sulfide) groups is 1. The molecule has 2 aromatic carbocycles. The van der Waals surface area contributed by atoms with Crippen molar-refractivity contribution in [3.05, 3.63) is 58.6 Å². The van der Waals surface area contributed by atoms with Crippen molar-refractivity contribution in [1.29, 1.82) is 0 Å². The molecule has 2 aromatic rings. The maximum atomic E-state index is 13.4. The molecule has 194 valence electrons. The number of carbonyl (C=O) groups is 1. The second-order valence-electron chi connectivity index (χ2n) is 7.97. The van der Waals surface area contributed by atoms with Crippen molar-refractivity contribution in [1.82, 2.24) is 0 Å². The second-order valence-corrected chi connectivity index (χ2v) is 11.8. The molecule has 2 aliphatic rings. The number of benzene rings is 2. The minimum Gasteiger partial charge on any atom is -0.484 e. The maximum absolute atomic E-state index is 13.4. The minimum atomic E-state index is -5.11. The summed E-state index contributed by atoms with van der Waals surface area (Å²) in [6.45, 7) is -0.580. The topological polar surface area (TPSA) is 76.0 Å². The van der Waals surface area contributed by atoms with E-state index in [1.807, 2.05) is 0 Å². The number of ether oxygens (including phenoxy) is 1. The van der Waals surface area contributed by atoms with Crippen LogP contribution < -0.4 is 9.64 Å². The number of amides is 1. The zero-order chi connectivity index (χ0) is 26.5. The smallest absolute Gasteiger partial charge is 0.416 e. The van der Waals surface area contributed by atoms with Crippen molar-refractivity contribution in [2.24, 2.45) is 4.99 Å². The van der Waals surface area contributed by atoms with E-state index in [-0.39, 0.29) is 22.7 Å². The molecule has 2 saturated heterocycles. The van der Waals surface area contributed by atoms with Crippen LogP contribution in [-0.2, 0) is 27.0 Å². The van der Waals surface area contributed by atoms with Gasteiger partial charge in [0.15, 0.2) is 21.6 Å². The number of anilines is 1. The number of hydrogen-bond donors (Lipinski definition) is 0. The van der Waals surface area contributed by atoms with Crippen LogP contribution in [0.15, 0.2) is 47.5 Å². The van der Waals surface area contributed by atoms with E-state index in [9.17, 15) is 39.6 Å². The number of halogens is 7. The Kier molecular flexibility index (Phi) is 6.99. The lowest BCUT2D eigenvalue weighted by molar-refractivity contribution is -0.143. The molecule has 0 saturated carbocycles. The van der Waals surface area contributed by atoms with Gasteiger partial charge in [0.05, 0.1) is 28.7 Å². The number of nitrogens with zero attached hydrogens (tertiary/aromatic N) is 2. The number of sulfone groups is 1.